The van der Waals surface area contributed by atoms with Gasteiger partial charge in [0.1, 0.15) is 0 Å². The fourth-order valence-corrected chi connectivity index (χ4v) is 12.7. The molecular weight excluding hydrogens is 353 g/mol. The highest BCUT2D eigenvalue weighted by Crippen LogP contribution is 2.36. The molecule has 1 aromatic rings. The minimum Gasteiger partial charge on any atom is -0.428 e. The molecule has 23 heavy (non-hydrogen) atoms. The van der Waals surface area contributed by atoms with Gasteiger partial charge in [-0.2, -0.15) is 13.2 Å². The summed E-state index contributed by atoms with van der Waals surface area (Å²) in [6.45, 7) is 14.2. The standard InChI is InChI=1S/C15H25F3O2Si3/c1-8-13-11-9-10-12-14(13)23(15(16,17)18,19-21(2,3)4)20-22(5,6)7/h8-12H,1H2,2-7H3. The molecule has 0 spiro atoms. The van der Waals surface area contributed by atoms with Gasteiger partial charge in [0.2, 0.25) is 0 Å². The fourth-order valence-electron chi connectivity index (χ4n) is 2.24. The van der Waals surface area contributed by atoms with E-state index in [0.29, 0.717) is 5.56 Å². The second-order valence-corrected chi connectivity index (χ2v) is 19.8. The lowest BCUT2D eigenvalue weighted by atomic mass is 10.2. The molecule has 1 aromatic carbocycles. The average molecular weight is 379 g/mol. The molecule has 8 heteroatoms. The van der Waals surface area contributed by atoms with E-state index in [1.54, 1.807) is 57.5 Å². The van der Waals surface area contributed by atoms with Crippen LogP contribution < -0.4 is 5.19 Å². The van der Waals surface area contributed by atoms with Crippen molar-refractivity contribution >= 4 is 36.5 Å². The predicted molar refractivity (Wildman–Crippen MR) is 96.8 cm³/mol. The van der Waals surface area contributed by atoms with Crippen LogP contribution in [0, 0.1) is 0 Å². The number of hydrogen-bond donors (Lipinski definition) is 0. The summed E-state index contributed by atoms with van der Waals surface area (Å²) in [7, 11) is -9.69. The van der Waals surface area contributed by atoms with Gasteiger partial charge in [0.25, 0.3) is 0 Å². The summed E-state index contributed by atoms with van der Waals surface area (Å²) in [4.78, 5) is 0. The van der Waals surface area contributed by atoms with Crippen molar-refractivity contribution in [2.24, 2.45) is 0 Å². The van der Waals surface area contributed by atoms with Gasteiger partial charge in [-0.3, -0.25) is 0 Å². The van der Waals surface area contributed by atoms with E-state index < -0.39 is 31.0 Å². The molecule has 0 aliphatic rings. The predicted octanol–water partition coefficient (Wildman–Crippen LogP) is 4.78. The summed E-state index contributed by atoms with van der Waals surface area (Å²) in [5.41, 5.74) is 0.424. The molecule has 0 fully saturated rings. The zero-order chi connectivity index (χ0) is 18.1. The molecule has 0 radical (unpaired) electrons. The van der Waals surface area contributed by atoms with Gasteiger partial charge in [0.05, 0.1) is 0 Å². The fraction of sp³-hybridized carbons (Fsp3) is 0.467. The Balaban J connectivity index is 3.71. The van der Waals surface area contributed by atoms with Crippen molar-refractivity contribution in [3.05, 3.63) is 36.4 Å². The minimum atomic E-state index is -4.66. The van der Waals surface area contributed by atoms with E-state index in [0.717, 1.165) is 0 Å². The quantitative estimate of drug-likeness (QED) is 0.663. The summed E-state index contributed by atoms with van der Waals surface area (Å²) in [6, 6.07) is 6.38. The molecule has 0 bridgehead atoms. The second-order valence-electron chi connectivity index (χ2n) is 7.33. The summed E-state index contributed by atoms with van der Waals surface area (Å²) in [5.74, 6) is -4.56. The summed E-state index contributed by atoms with van der Waals surface area (Å²) in [6.07, 6.45) is 1.43. The van der Waals surface area contributed by atoms with E-state index in [9.17, 15) is 13.2 Å². The highest BCUT2D eigenvalue weighted by Gasteiger charge is 2.67. The first-order valence-corrected chi connectivity index (χ1v) is 16.0. The monoisotopic (exact) mass is 378 g/mol. The molecular formula is C15H25F3O2Si3. The number of benzene rings is 1. The van der Waals surface area contributed by atoms with Crippen LogP contribution in [0.4, 0.5) is 13.2 Å². The maximum atomic E-state index is 14.3. The number of halogens is 3. The third kappa shape index (κ3) is 5.15. The van der Waals surface area contributed by atoms with Gasteiger partial charge in [0.15, 0.2) is 16.6 Å². The Morgan fingerprint density at radius 2 is 1.35 bits per heavy atom. The first-order chi connectivity index (χ1) is 10.2. The van der Waals surface area contributed by atoms with Crippen LogP contribution >= 0.6 is 0 Å². The number of alkyl halides is 3. The molecule has 130 valence electrons. The van der Waals surface area contributed by atoms with Crippen molar-refractivity contribution in [3.8, 4) is 0 Å². The average Bonchev–Trinajstić information content (AvgIpc) is 2.33. The van der Waals surface area contributed by atoms with Crippen molar-refractivity contribution < 1.29 is 21.4 Å². The molecule has 0 N–H and O–H groups in total. The Kier molecular flexibility index (Phi) is 5.91. The molecule has 0 heterocycles. The Morgan fingerprint density at radius 1 is 0.913 bits per heavy atom. The normalized spacial score (nSPS) is 14.0. The van der Waals surface area contributed by atoms with Gasteiger partial charge in [0, 0.05) is 5.19 Å². The molecule has 0 aliphatic carbocycles. The third-order valence-electron chi connectivity index (χ3n) is 2.81. The topological polar surface area (TPSA) is 18.5 Å². The molecule has 1 rings (SSSR count). The largest absolute Gasteiger partial charge is 0.472 e. The van der Waals surface area contributed by atoms with Crippen molar-refractivity contribution in [2.45, 2.75) is 45.1 Å². The van der Waals surface area contributed by atoms with Gasteiger partial charge >= 0.3 is 14.4 Å². The second kappa shape index (κ2) is 6.67. The van der Waals surface area contributed by atoms with Crippen molar-refractivity contribution in [3.63, 3.8) is 0 Å². The van der Waals surface area contributed by atoms with E-state index in [1.165, 1.54) is 12.1 Å². The summed E-state index contributed by atoms with van der Waals surface area (Å²) >= 11 is 0. The van der Waals surface area contributed by atoms with Gasteiger partial charge in [-0.25, -0.2) is 0 Å². The minimum absolute atomic E-state index is 0.104. The molecule has 0 saturated heterocycles. The van der Waals surface area contributed by atoms with E-state index in [4.69, 9.17) is 8.23 Å². The van der Waals surface area contributed by atoms with Gasteiger partial charge in [-0.05, 0) is 44.8 Å². The lowest BCUT2D eigenvalue weighted by molar-refractivity contribution is -0.0796. The third-order valence-corrected chi connectivity index (χ3v) is 11.9. The van der Waals surface area contributed by atoms with Crippen molar-refractivity contribution in [2.75, 3.05) is 0 Å². The van der Waals surface area contributed by atoms with Crippen LogP contribution in [0.15, 0.2) is 30.8 Å². The molecule has 0 amide bonds. The van der Waals surface area contributed by atoms with Crippen molar-refractivity contribution in [1.82, 2.24) is 0 Å². The first-order valence-electron chi connectivity index (χ1n) is 7.41. The van der Waals surface area contributed by atoms with Gasteiger partial charge < -0.3 is 8.23 Å². The lowest BCUT2D eigenvalue weighted by Gasteiger charge is -2.42. The molecule has 2 nitrogen and oxygen atoms in total. The van der Waals surface area contributed by atoms with Crippen LogP contribution in [0.5, 0.6) is 0 Å². The summed E-state index contributed by atoms with van der Waals surface area (Å²) < 4.78 is 54.4. The Morgan fingerprint density at radius 3 is 1.70 bits per heavy atom. The Bertz CT molecular complexity index is 544. The maximum Gasteiger partial charge on any atom is 0.472 e. The number of hydrogen-bond acceptors (Lipinski definition) is 2. The van der Waals surface area contributed by atoms with Crippen molar-refractivity contribution in [1.29, 1.82) is 0 Å². The lowest BCUT2D eigenvalue weighted by Crippen LogP contribution is -2.71. The zero-order valence-corrected chi connectivity index (χ0v) is 17.5. The Hall–Kier alpha value is -0.679. The molecule has 0 saturated carbocycles. The van der Waals surface area contributed by atoms with Gasteiger partial charge in [-0.15, -0.1) is 0 Å². The van der Waals surface area contributed by atoms with Crippen LogP contribution in [0.25, 0.3) is 6.08 Å². The van der Waals surface area contributed by atoms with Crippen LogP contribution in [-0.4, -0.2) is 31.0 Å². The molecule has 0 aromatic heterocycles. The van der Waals surface area contributed by atoms with E-state index >= 15 is 0 Å². The Labute approximate surface area is 139 Å². The molecule has 0 atom stereocenters. The van der Waals surface area contributed by atoms with Crippen LogP contribution in [0.2, 0.25) is 39.3 Å². The maximum absolute atomic E-state index is 14.3. The smallest absolute Gasteiger partial charge is 0.428 e. The van der Waals surface area contributed by atoms with Crippen LogP contribution in [0.1, 0.15) is 5.56 Å². The highest BCUT2D eigenvalue weighted by molar-refractivity contribution is 6.96. The zero-order valence-electron chi connectivity index (χ0n) is 14.5. The number of rotatable bonds is 6. The molecule has 0 aliphatic heterocycles. The highest BCUT2D eigenvalue weighted by atomic mass is 28.5. The molecule has 0 unspecified atom stereocenters. The summed E-state index contributed by atoms with van der Waals surface area (Å²) in [5, 5.41) is 0.104. The first kappa shape index (κ1) is 20.4. The van der Waals surface area contributed by atoms with E-state index in [1.807, 2.05) is 0 Å². The van der Waals surface area contributed by atoms with E-state index in [2.05, 4.69) is 6.58 Å². The van der Waals surface area contributed by atoms with E-state index in [-0.39, 0.29) is 5.19 Å². The SMILES string of the molecule is C=Cc1ccccc1[Si](O[Si](C)(C)C)(O[Si](C)(C)C)C(F)(F)F. The van der Waals surface area contributed by atoms with Crippen LogP contribution in [-0.2, 0) is 8.23 Å². The van der Waals surface area contributed by atoms with Crippen LogP contribution in [0.3, 0.4) is 0 Å². The van der Waals surface area contributed by atoms with Gasteiger partial charge in [-0.1, -0.05) is 36.9 Å².